The van der Waals surface area contributed by atoms with Crippen molar-refractivity contribution in [3.63, 3.8) is 0 Å². The molecule has 1 aromatic rings. The van der Waals surface area contributed by atoms with E-state index in [0.29, 0.717) is 6.42 Å². The number of hydrogen-bond acceptors (Lipinski definition) is 4. The molecule has 1 fully saturated rings. The zero-order valence-electron chi connectivity index (χ0n) is 9.30. The molecule has 6 heteroatoms. The van der Waals surface area contributed by atoms with Gasteiger partial charge in [-0.3, -0.25) is 19.7 Å². The van der Waals surface area contributed by atoms with Crippen LogP contribution in [-0.4, -0.2) is 35.2 Å². The number of carbonyl (C=O) groups is 3. The number of piperazine rings is 1. The molecule has 1 aliphatic rings. The third kappa shape index (κ3) is 2.06. The molecule has 0 spiro atoms. The van der Waals surface area contributed by atoms with Gasteiger partial charge in [-0.15, -0.1) is 0 Å². The summed E-state index contributed by atoms with van der Waals surface area (Å²) in [5.74, 6) is -1.22. The van der Waals surface area contributed by atoms with Gasteiger partial charge in [-0.05, 0) is 18.6 Å². The normalized spacial score (nSPS) is 20.3. The average Bonchev–Trinajstić information content (AvgIpc) is 2.80. The lowest BCUT2D eigenvalue weighted by Gasteiger charge is -2.32. The van der Waals surface area contributed by atoms with Crippen LogP contribution < -0.4 is 5.32 Å². The van der Waals surface area contributed by atoms with Crippen LogP contribution in [0, 0.1) is 0 Å². The summed E-state index contributed by atoms with van der Waals surface area (Å²) in [6, 6.07) is 2.47. The molecule has 0 radical (unpaired) electrons. The monoisotopic (exact) mass is 236 g/mol. The van der Waals surface area contributed by atoms with Crippen LogP contribution in [0.1, 0.15) is 23.9 Å². The molecule has 17 heavy (non-hydrogen) atoms. The first-order valence-corrected chi connectivity index (χ1v) is 5.31. The first-order chi connectivity index (χ1) is 8.13. The van der Waals surface area contributed by atoms with Crippen molar-refractivity contribution in [1.29, 1.82) is 0 Å². The predicted molar refractivity (Wildman–Crippen MR) is 57.0 cm³/mol. The number of furan rings is 1. The van der Waals surface area contributed by atoms with E-state index in [4.69, 9.17) is 4.42 Å². The summed E-state index contributed by atoms with van der Waals surface area (Å²) in [6.45, 7) is 1.66. The fourth-order valence-corrected chi connectivity index (χ4v) is 1.83. The van der Waals surface area contributed by atoms with E-state index in [9.17, 15) is 14.4 Å². The number of carbonyl (C=O) groups excluding carboxylic acids is 3. The quantitative estimate of drug-likeness (QED) is 0.741. The summed E-state index contributed by atoms with van der Waals surface area (Å²) < 4.78 is 4.98. The van der Waals surface area contributed by atoms with Gasteiger partial charge >= 0.3 is 0 Å². The molecule has 1 N–H and O–H groups in total. The van der Waals surface area contributed by atoms with Gasteiger partial charge in [0.1, 0.15) is 12.6 Å². The first kappa shape index (κ1) is 11.4. The van der Waals surface area contributed by atoms with E-state index >= 15 is 0 Å². The van der Waals surface area contributed by atoms with E-state index in [1.807, 2.05) is 0 Å². The molecule has 0 saturated carbocycles. The number of hydrogen-bond donors (Lipinski definition) is 1. The zero-order chi connectivity index (χ0) is 12.4. The molecule has 1 aromatic heterocycles. The van der Waals surface area contributed by atoms with Crippen LogP contribution >= 0.6 is 0 Å². The maximum atomic E-state index is 12.0. The van der Waals surface area contributed by atoms with Gasteiger partial charge in [0.15, 0.2) is 5.76 Å². The topological polar surface area (TPSA) is 79.6 Å². The maximum absolute atomic E-state index is 12.0. The summed E-state index contributed by atoms with van der Waals surface area (Å²) in [6.07, 6.45) is 1.82. The van der Waals surface area contributed by atoms with Crippen molar-refractivity contribution in [2.45, 2.75) is 19.4 Å². The molecule has 0 aromatic carbocycles. The average molecular weight is 236 g/mol. The molecule has 6 nitrogen and oxygen atoms in total. The molecule has 2 rings (SSSR count). The number of nitrogens with zero attached hydrogens (tertiary/aromatic N) is 1. The molecule has 2 heterocycles. The molecule has 1 aliphatic heterocycles. The predicted octanol–water partition coefficient (Wildman–Crippen LogP) is 0.157. The van der Waals surface area contributed by atoms with E-state index in [1.165, 1.54) is 17.2 Å². The minimum atomic E-state index is -0.620. The summed E-state index contributed by atoms with van der Waals surface area (Å²) in [5, 5.41) is 2.21. The van der Waals surface area contributed by atoms with E-state index in [0.717, 1.165) is 0 Å². The van der Waals surface area contributed by atoms with Crippen molar-refractivity contribution in [2.24, 2.45) is 0 Å². The summed E-state index contributed by atoms with van der Waals surface area (Å²) >= 11 is 0. The van der Waals surface area contributed by atoms with Crippen LogP contribution in [0.2, 0.25) is 0 Å². The Morgan fingerprint density at radius 3 is 2.94 bits per heavy atom. The third-order valence-corrected chi connectivity index (χ3v) is 2.63. The second kappa shape index (κ2) is 4.40. The number of imide groups is 1. The highest BCUT2D eigenvalue weighted by Crippen LogP contribution is 2.14. The minimum Gasteiger partial charge on any atom is -0.459 e. The Bertz CT molecular complexity index is 452. The summed E-state index contributed by atoms with van der Waals surface area (Å²) in [4.78, 5) is 36.1. The Labute approximate surface area is 97.6 Å². The zero-order valence-corrected chi connectivity index (χ0v) is 9.30. The highest BCUT2D eigenvalue weighted by atomic mass is 16.3. The van der Waals surface area contributed by atoms with Crippen molar-refractivity contribution in [3.05, 3.63) is 24.2 Å². The fraction of sp³-hybridized carbons (Fsp3) is 0.364. The van der Waals surface area contributed by atoms with Crippen LogP contribution in [0.5, 0.6) is 0 Å². The van der Waals surface area contributed by atoms with Gasteiger partial charge in [0.25, 0.3) is 5.91 Å². The van der Waals surface area contributed by atoms with Gasteiger partial charge in [0, 0.05) is 0 Å². The number of nitrogens with one attached hydrogen (secondary N) is 1. The van der Waals surface area contributed by atoms with Crippen LogP contribution in [0.15, 0.2) is 22.8 Å². The van der Waals surface area contributed by atoms with Gasteiger partial charge in [0.05, 0.1) is 6.26 Å². The van der Waals surface area contributed by atoms with Crippen LogP contribution in [0.4, 0.5) is 0 Å². The van der Waals surface area contributed by atoms with Crippen LogP contribution in [-0.2, 0) is 9.59 Å². The maximum Gasteiger partial charge on any atom is 0.290 e. The molecular weight excluding hydrogens is 224 g/mol. The summed E-state index contributed by atoms with van der Waals surface area (Å²) in [5.41, 5.74) is 0. The smallest absolute Gasteiger partial charge is 0.290 e. The van der Waals surface area contributed by atoms with Gasteiger partial charge in [-0.25, -0.2) is 0 Å². The second-order valence-corrected chi connectivity index (χ2v) is 3.75. The number of amides is 3. The summed E-state index contributed by atoms with van der Waals surface area (Å²) in [7, 11) is 0. The van der Waals surface area contributed by atoms with Crippen molar-refractivity contribution in [1.82, 2.24) is 10.2 Å². The second-order valence-electron chi connectivity index (χ2n) is 3.75. The highest BCUT2D eigenvalue weighted by molar-refractivity contribution is 6.06. The van der Waals surface area contributed by atoms with Gasteiger partial charge in [0.2, 0.25) is 11.8 Å². The van der Waals surface area contributed by atoms with Crippen molar-refractivity contribution in [2.75, 3.05) is 6.54 Å². The molecule has 1 unspecified atom stereocenters. The van der Waals surface area contributed by atoms with Crippen molar-refractivity contribution >= 4 is 17.7 Å². The molecule has 3 amide bonds. The Hall–Kier alpha value is -2.11. The number of rotatable bonds is 2. The lowest BCUT2D eigenvalue weighted by molar-refractivity contribution is -0.138. The van der Waals surface area contributed by atoms with Crippen molar-refractivity contribution in [3.8, 4) is 0 Å². The lowest BCUT2D eigenvalue weighted by Crippen LogP contribution is -2.59. The standard InChI is InChI=1S/C11H12N2O4/c1-2-7-10(15)12-9(14)6-13(7)11(16)8-4-3-5-17-8/h3-5,7H,2,6H2,1H3,(H,12,14,15). The Kier molecular flexibility index (Phi) is 2.95. The minimum absolute atomic E-state index is 0.121. The Balaban J connectivity index is 2.25. The lowest BCUT2D eigenvalue weighted by atomic mass is 10.1. The van der Waals surface area contributed by atoms with Gasteiger partial charge in [-0.1, -0.05) is 6.92 Å². The molecule has 90 valence electrons. The van der Waals surface area contributed by atoms with E-state index < -0.39 is 23.8 Å². The van der Waals surface area contributed by atoms with E-state index in [-0.39, 0.29) is 12.3 Å². The van der Waals surface area contributed by atoms with Gasteiger partial charge in [-0.2, -0.15) is 0 Å². The highest BCUT2D eigenvalue weighted by Gasteiger charge is 2.36. The Morgan fingerprint density at radius 1 is 1.59 bits per heavy atom. The van der Waals surface area contributed by atoms with E-state index in [1.54, 1.807) is 13.0 Å². The van der Waals surface area contributed by atoms with Crippen LogP contribution in [0.25, 0.3) is 0 Å². The van der Waals surface area contributed by atoms with Crippen LogP contribution in [0.3, 0.4) is 0 Å². The SMILES string of the molecule is CCC1C(=O)NC(=O)CN1C(=O)c1ccco1. The molecule has 1 saturated heterocycles. The molecule has 1 atom stereocenters. The van der Waals surface area contributed by atoms with Crippen molar-refractivity contribution < 1.29 is 18.8 Å². The molecule has 0 bridgehead atoms. The van der Waals surface area contributed by atoms with E-state index in [2.05, 4.69) is 5.32 Å². The third-order valence-electron chi connectivity index (χ3n) is 2.63. The Morgan fingerprint density at radius 2 is 2.35 bits per heavy atom. The van der Waals surface area contributed by atoms with Gasteiger partial charge < -0.3 is 9.32 Å². The fourth-order valence-electron chi connectivity index (χ4n) is 1.83. The molecule has 0 aliphatic carbocycles. The first-order valence-electron chi connectivity index (χ1n) is 5.31. The largest absolute Gasteiger partial charge is 0.459 e. The molecular formula is C11H12N2O4.